The van der Waals surface area contributed by atoms with Crippen LogP contribution in [-0.2, 0) is 9.53 Å². The topological polar surface area (TPSA) is 90.9 Å². The summed E-state index contributed by atoms with van der Waals surface area (Å²) in [6.07, 6.45) is 0. The van der Waals surface area contributed by atoms with Crippen molar-refractivity contribution in [1.82, 2.24) is 15.5 Å². The summed E-state index contributed by atoms with van der Waals surface area (Å²) in [5.74, 6) is -0.411. The minimum absolute atomic E-state index is 0.0240. The number of aliphatic hydroxyl groups excluding tert-OH is 1. The van der Waals surface area contributed by atoms with E-state index in [-0.39, 0.29) is 13.2 Å². The average Bonchev–Trinajstić information content (AvgIpc) is 2.17. The van der Waals surface area contributed by atoms with Crippen LogP contribution in [0.4, 0.5) is 4.79 Å². The number of carbonyl (C=O) groups is 2. The predicted octanol–water partition coefficient (Wildman–Crippen LogP) is -1.62. The molecule has 3 N–H and O–H groups in total. The molecule has 7 heteroatoms. The standard InChI is InChI=1S/C9H19N3O4/c1-12(4-5-13)7-8(14)11-9(15)10-3-6-16-2/h13H,3-7H2,1-2H3,(H2,10,11,14,15). The first-order chi connectivity index (χ1) is 7.60. The highest BCUT2D eigenvalue weighted by Gasteiger charge is 2.09. The first-order valence-corrected chi connectivity index (χ1v) is 4.96. The number of methoxy groups -OCH3 is 1. The van der Waals surface area contributed by atoms with Gasteiger partial charge in [-0.15, -0.1) is 0 Å². The van der Waals surface area contributed by atoms with Crippen LogP contribution in [0.15, 0.2) is 0 Å². The van der Waals surface area contributed by atoms with Gasteiger partial charge in [-0.2, -0.15) is 0 Å². The van der Waals surface area contributed by atoms with E-state index in [1.807, 2.05) is 0 Å². The summed E-state index contributed by atoms with van der Waals surface area (Å²) in [6.45, 7) is 1.18. The molecule has 0 atom stereocenters. The van der Waals surface area contributed by atoms with Crippen molar-refractivity contribution in [2.75, 3.05) is 47.0 Å². The Balaban J connectivity index is 3.65. The molecule has 0 aromatic carbocycles. The van der Waals surface area contributed by atoms with E-state index in [9.17, 15) is 9.59 Å². The Hall–Kier alpha value is -1.18. The second-order valence-electron chi connectivity index (χ2n) is 3.26. The van der Waals surface area contributed by atoms with Crippen molar-refractivity contribution >= 4 is 11.9 Å². The maximum atomic E-state index is 11.2. The molecule has 0 fully saturated rings. The molecule has 0 radical (unpaired) electrons. The highest BCUT2D eigenvalue weighted by atomic mass is 16.5. The van der Waals surface area contributed by atoms with Gasteiger partial charge in [-0.1, -0.05) is 0 Å². The highest BCUT2D eigenvalue weighted by Crippen LogP contribution is 1.80. The molecular weight excluding hydrogens is 214 g/mol. The molecule has 16 heavy (non-hydrogen) atoms. The lowest BCUT2D eigenvalue weighted by Crippen LogP contribution is -2.44. The monoisotopic (exact) mass is 233 g/mol. The number of nitrogens with one attached hydrogen (secondary N) is 2. The molecule has 0 aliphatic heterocycles. The van der Waals surface area contributed by atoms with Crippen molar-refractivity contribution < 1.29 is 19.4 Å². The number of nitrogens with zero attached hydrogens (tertiary/aromatic N) is 1. The van der Waals surface area contributed by atoms with Gasteiger partial charge >= 0.3 is 6.03 Å². The van der Waals surface area contributed by atoms with E-state index in [1.54, 1.807) is 11.9 Å². The van der Waals surface area contributed by atoms with Gasteiger partial charge in [0.15, 0.2) is 0 Å². The minimum Gasteiger partial charge on any atom is -0.395 e. The molecule has 7 nitrogen and oxygen atoms in total. The van der Waals surface area contributed by atoms with E-state index >= 15 is 0 Å². The third-order valence-corrected chi connectivity index (χ3v) is 1.74. The summed E-state index contributed by atoms with van der Waals surface area (Å²) < 4.78 is 4.73. The van der Waals surface area contributed by atoms with Crippen molar-refractivity contribution in [3.63, 3.8) is 0 Å². The lowest BCUT2D eigenvalue weighted by atomic mass is 10.5. The van der Waals surface area contributed by atoms with Crippen molar-refractivity contribution in [2.24, 2.45) is 0 Å². The lowest BCUT2D eigenvalue weighted by molar-refractivity contribution is -0.120. The molecule has 0 unspecified atom stereocenters. The molecule has 0 aliphatic carbocycles. The SMILES string of the molecule is COCCNC(=O)NC(=O)CN(C)CCO. The van der Waals surface area contributed by atoms with Gasteiger partial charge in [-0.05, 0) is 7.05 Å². The van der Waals surface area contributed by atoms with Crippen LogP contribution in [-0.4, -0.2) is 69.0 Å². The molecule has 0 saturated carbocycles. The second-order valence-corrected chi connectivity index (χ2v) is 3.26. The molecule has 94 valence electrons. The number of amides is 3. The Morgan fingerprint density at radius 3 is 2.69 bits per heavy atom. The first-order valence-electron chi connectivity index (χ1n) is 4.96. The molecule has 0 rings (SSSR count). The van der Waals surface area contributed by atoms with Crippen LogP contribution in [0.25, 0.3) is 0 Å². The number of hydrogen-bond acceptors (Lipinski definition) is 5. The number of ether oxygens (including phenoxy) is 1. The summed E-state index contributed by atoms with van der Waals surface area (Å²) in [5.41, 5.74) is 0. The molecule has 0 bridgehead atoms. The maximum absolute atomic E-state index is 11.2. The third kappa shape index (κ3) is 8.16. The summed E-state index contributed by atoms with van der Waals surface area (Å²) in [6, 6.07) is -0.542. The number of rotatable bonds is 7. The minimum atomic E-state index is -0.542. The van der Waals surface area contributed by atoms with E-state index < -0.39 is 11.9 Å². The fraction of sp³-hybridized carbons (Fsp3) is 0.778. The van der Waals surface area contributed by atoms with Gasteiger partial charge in [0.1, 0.15) is 0 Å². The van der Waals surface area contributed by atoms with Crippen LogP contribution in [0.2, 0.25) is 0 Å². The van der Waals surface area contributed by atoms with Gasteiger partial charge in [-0.25, -0.2) is 4.79 Å². The molecule has 0 saturated heterocycles. The number of carbonyl (C=O) groups excluding carboxylic acids is 2. The van der Waals surface area contributed by atoms with Crippen LogP contribution in [0.5, 0.6) is 0 Å². The molecule has 0 heterocycles. The van der Waals surface area contributed by atoms with Crippen LogP contribution in [0.3, 0.4) is 0 Å². The van der Waals surface area contributed by atoms with Gasteiger partial charge in [-0.3, -0.25) is 15.0 Å². The molecule has 3 amide bonds. The zero-order valence-corrected chi connectivity index (χ0v) is 9.65. The third-order valence-electron chi connectivity index (χ3n) is 1.74. The Morgan fingerprint density at radius 2 is 2.12 bits per heavy atom. The van der Waals surface area contributed by atoms with E-state index in [4.69, 9.17) is 9.84 Å². The fourth-order valence-corrected chi connectivity index (χ4v) is 0.972. The van der Waals surface area contributed by atoms with E-state index in [0.717, 1.165) is 0 Å². The quantitative estimate of drug-likeness (QED) is 0.460. The first kappa shape index (κ1) is 14.8. The zero-order valence-electron chi connectivity index (χ0n) is 9.65. The van der Waals surface area contributed by atoms with Gasteiger partial charge in [0.25, 0.3) is 0 Å². The normalized spacial score (nSPS) is 10.2. The largest absolute Gasteiger partial charge is 0.395 e. The fourth-order valence-electron chi connectivity index (χ4n) is 0.972. The van der Waals surface area contributed by atoms with Crippen molar-refractivity contribution in [3.05, 3.63) is 0 Å². The molecule has 0 spiro atoms. The van der Waals surface area contributed by atoms with Crippen LogP contribution in [0, 0.1) is 0 Å². The summed E-state index contributed by atoms with van der Waals surface area (Å²) in [4.78, 5) is 24.0. The Morgan fingerprint density at radius 1 is 1.44 bits per heavy atom. The van der Waals surface area contributed by atoms with Gasteiger partial charge in [0, 0.05) is 20.2 Å². The van der Waals surface area contributed by atoms with Gasteiger partial charge in [0.05, 0.1) is 19.8 Å². The van der Waals surface area contributed by atoms with Crippen LogP contribution < -0.4 is 10.6 Å². The van der Waals surface area contributed by atoms with Crippen molar-refractivity contribution in [3.8, 4) is 0 Å². The maximum Gasteiger partial charge on any atom is 0.321 e. The number of likely N-dealkylation sites (N-methyl/N-ethyl adjacent to an activating group) is 1. The molecule has 0 aromatic rings. The number of aliphatic hydroxyl groups is 1. The average molecular weight is 233 g/mol. The predicted molar refractivity (Wildman–Crippen MR) is 58.0 cm³/mol. The summed E-state index contributed by atoms with van der Waals surface area (Å²) >= 11 is 0. The van der Waals surface area contributed by atoms with Crippen molar-refractivity contribution in [1.29, 1.82) is 0 Å². The molecule has 0 aliphatic rings. The summed E-state index contributed by atoms with van der Waals surface area (Å²) in [5, 5.41) is 13.2. The van der Waals surface area contributed by atoms with E-state index in [0.29, 0.717) is 19.7 Å². The highest BCUT2D eigenvalue weighted by molar-refractivity contribution is 5.95. The molecule has 0 aromatic heterocycles. The Kier molecular flexibility index (Phi) is 8.41. The lowest BCUT2D eigenvalue weighted by Gasteiger charge is -2.14. The summed E-state index contributed by atoms with van der Waals surface area (Å²) in [7, 11) is 3.20. The number of hydrogen-bond donors (Lipinski definition) is 3. The van der Waals surface area contributed by atoms with Crippen LogP contribution in [0.1, 0.15) is 0 Å². The van der Waals surface area contributed by atoms with E-state index in [2.05, 4.69) is 10.6 Å². The number of urea groups is 1. The van der Waals surface area contributed by atoms with Crippen LogP contribution >= 0.6 is 0 Å². The number of imide groups is 1. The van der Waals surface area contributed by atoms with Gasteiger partial charge < -0.3 is 15.2 Å². The second kappa shape index (κ2) is 9.08. The van der Waals surface area contributed by atoms with E-state index in [1.165, 1.54) is 7.11 Å². The molecular formula is C9H19N3O4. The Labute approximate surface area is 94.7 Å². The zero-order chi connectivity index (χ0) is 12.4. The Bertz CT molecular complexity index is 223. The van der Waals surface area contributed by atoms with Crippen molar-refractivity contribution in [2.45, 2.75) is 0 Å². The van der Waals surface area contributed by atoms with Gasteiger partial charge in [0.2, 0.25) is 5.91 Å². The smallest absolute Gasteiger partial charge is 0.321 e.